The van der Waals surface area contributed by atoms with E-state index in [-0.39, 0.29) is 45.2 Å². The third-order valence-electron chi connectivity index (χ3n) is 4.27. The monoisotopic (exact) mass is 503 g/mol. The number of hydrogen-bond acceptors (Lipinski definition) is 7. The highest BCUT2D eigenvalue weighted by molar-refractivity contribution is 7.13. The number of amides is 1. The number of nitrogen functional groups attached to an aromatic ring is 1. The molecule has 0 spiro atoms. The van der Waals surface area contributed by atoms with Gasteiger partial charge in [0, 0.05) is 18.0 Å². The molecule has 1 atom stereocenters. The number of halogens is 5. The Hall–Kier alpha value is -2.76. The van der Waals surface area contributed by atoms with Crippen molar-refractivity contribution in [2.75, 3.05) is 11.1 Å². The topological polar surface area (TPSA) is 111 Å². The van der Waals surface area contributed by atoms with Crippen LogP contribution in [-0.2, 0) is 6.18 Å². The van der Waals surface area contributed by atoms with Crippen LogP contribution in [0.4, 0.5) is 24.7 Å². The maximum Gasteiger partial charge on any atom is 0.417 e. The molecule has 3 aromatic rings. The molecule has 1 amide bonds. The van der Waals surface area contributed by atoms with Crippen molar-refractivity contribution < 1.29 is 22.8 Å². The molecule has 0 saturated carbocycles. The van der Waals surface area contributed by atoms with Crippen LogP contribution in [0.3, 0.4) is 0 Å². The zero-order chi connectivity index (χ0) is 23.6. The minimum absolute atomic E-state index is 0.00310. The highest BCUT2D eigenvalue weighted by Crippen LogP contribution is 2.36. The molecule has 2 aromatic heterocycles. The summed E-state index contributed by atoms with van der Waals surface area (Å²) in [6.07, 6.45) is -2.25. The Labute approximate surface area is 193 Å². The molecule has 0 unspecified atom stereocenters. The predicted octanol–water partition coefficient (Wildman–Crippen LogP) is 5.47. The van der Waals surface area contributed by atoms with E-state index in [4.69, 9.17) is 28.9 Å². The molecule has 2 heterocycles. The van der Waals surface area contributed by atoms with Crippen LogP contribution in [0, 0.1) is 0 Å². The fraction of sp³-hybridized carbons (Fsp3) is 0.211. The number of thiazole rings is 1. The van der Waals surface area contributed by atoms with Gasteiger partial charge in [0.1, 0.15) is 27.7 Å². The summed E-state index contributed by atoms with van der Waals surface area (Å²) in [4.78, 5) is 36.8. The van der Waals surface area contributed by atoms with E-state index in [9.17, 15) is 22.8 Å². The van der Waals surface area contributed by atoms with Crippen LogP contribution < -0.4 is 11.1 Å². The SMILES string of the molecule is C[C@@H](CC(=O)c1ncnc(N)c1Cl)c1ncc(C(=O)Nc2ccc(Cl)c(C(F)(F)F)c2)s1. The molecule has 7 nitrogen and oxygen atoms in total. The van der Waals surface area contributed by atoms with Gasteiger partial charge in [-0.25, -0.2) is 15.0 Å². The van der Waals surface area contributed by atoms with Gasteiger partial charge in [-0.3, -0.25) is 9.59 Å². The van der Waals surface area contributed by atoms with Crippen LogP contribution in [0.25, 0.3) is 0 Å². The lowest BCUT2D eigenvalue weighted by molar-refractivity contribution is -0.137. The third-order valence-corrected chi connectivity index (χ3v) is 6.20. The van der Waals surface area contributed by atoms with Crippen LogP contribution in [0.2, 0.25) is 10.0 Å². The molecule has 0 bridgehead atoms. The number of nitrogens with one attached hydrogen (secondary N) is 1. The lowest BCUT2D eigenvalue weighted by Gasteiger charge is -2.11. The summed E-state index contributed by atoms with van der Waals surface area (Å²) < 4.78 is 39.0. The van der Waals surface area contributed by atoms with Crippen LogP contribution in [-0.4, -0.2) is 26.6 Å². The smallest absolute Gasteiger partial charge is 0.382 e. The lowest BCUT2D eigenvalue weighted by atomic mass is 10.0. The predicted molar refractivity (Wildman–Crippen MR) is 115 cm³/mol. The minimum atomic E-state index is -4.66. The van der Waals surface area contributed by atoms with Crippen molar-refractivity contribution in [2.45, 2.75) is 25.4 Å². The van der Waals surface area contributed by atoms with Gasteiger partial charge in [0.2, 0.25) is 0 Å². The van der Waals surface area contributed by atoms with E-state index < -0.39 is 22.7 Å². The van der Waals surface area contributed by atoms with Crippen molar-refractivity contribution in [1.82, 2.24) is 15.0 Å². The zero-order valence-corrected chi connectivity index (χ0v) is 18.5. The number of nitrogens with zero attached hydrogens (tertiary/aromatic N) is 3. The number of aromatic nitrogens is 3. The van der Waals surface area contributed by atoms with Gasteiger partial charge in [-0.05, 0) is 18.2 Å². The molecule has 0 aliphatic carbocycles. The van der Waals surface area contributed by atoms with Gasteiger partial charge in [-0.1, -0.05) is 30.1 Å². The summed E-state index contributed by atoms with van der Waals surface area (Å²) in [7, 11) is 0. The Morgan fingerprint density at radius 3 is 2.62 bits per heavy atom. The fourth-order valence-corrected chi connectivity index (χ4v) is 3.97. The zero-order valence-electron chi connectivity index (χ0n) is 16.2. The number of carbonyl (C=O) groups is 2. The van der Waals surface area contributed by atoms with E-state index in [1.807, 2.05) is 0 Å². The quantitative estimate of drug-likeness (QED) is 0.431. The number of benzene rings is 1. The number of alkyl halides is 3. The van der Waals surface area contributed by atoms with Gasteiger partial charge in [0.25, 0.3) is 5.91 Å². The second-order valence-electron chi connectivity index (χ2n) is 6.66. The molecule has 0 radical (unpaired) electrons. The average molecular weight is 504 g/mol. The molecule has 3 rings (SSSR count). The Morgan fingerprint density at radius 1 is 1.22 bits per heavy atom. The van der Waals surface area contributed by atoms with E-state index in [1.165, 1.54) is 12.3 Å². The summed E-state index contributed by atoms with van der Waals surface area (Å²) >= 11 is 12.6. The Kier molecular flexibility index (Phi) is 7.01. The van der Waals surface area contributed by atoms with Crippen molar-refractivity contribution in [3.05, 3.63) is 61.9 Å². The molecular weight excluding hydrogens is 490 g/mol. The second-order valence-corrected chi connectivity index (χ2v) is 8.51. The first-order chi connectivity index (χ1) is 15.0. The van der Waals surface area contributed by atoms with Crippen molar-refractivity contribution >= 4 is 57.7 Å². The number of ketones is 1. The van der Waals surface area contributed by atoms with Gasteiger partial charge in [0.05, 0.1) is 21.8 Å². The van der Waals surface area contributed by atoms with Crippen molar-refractivity contribution in [3.8, 4) is 0 Å². The van der Waals surface area contributed by atoms with Crippen molar-refractivity contribution in [1.29, 1.82) is 0 Å². The molecule has 32 heavy (non-hydrogen) atoms. The minimum Gasteiger partial charge on any atom is -0.382 e. The van der Waals surface area contributed by atoms with Gasteiger partial charge < -0.3 is 11.1 Å². The normalized spacial score (nSPS) is 12.4. The first kappa shape index (κ1) is 23.9. The van der Waals surface area contributed by atoms with Crippen LogP contribution in [0.5, 0.6) is 0 Å². The first-order valence-electron chi connectivity index (χ1n) is 8.90. The summed E-state index contributed by atoms with van der Waals surface area (Å²) in [5, 5.41) is 2.36. The molecule has 13 heteroatoms. The highest BCUT2D eigenvalue weighted by Gasteiger charge is 2.33. The lowest BCUT2D eigenvalue weighted by Crippen LogP contribution is -2.12. The van der Waals surface area contributed by atoms with Crippen molar-refractivity contribution in [3.63, 3.8) is 0 Å². The summed E-state index contributed by atoms with van der Waals surface area (Å²) in [6, 6.07) is 3.06. The number of Topliss-reactive ketones (excluding diaryl/α,β-unsaturated/α-hetero) is 1. The fourth-order valence-electron chi connectivity index (χ4n) is 2.67. The van der Waals surface area contributed by atoms with Crippen LogP contribution in [0.1, 0.15) is 50.0 Å². The molecule has 0 aliphatic heterocycles. The van der Waals surface area contributed by atoms with E-state index >= 15 is 0 Å². The van der Waals surface area contributed by atoms with E-state index in [0.29, 0.717) is 5.01 Å². The standard InChI is InChI=1S/C19H14Cl2F3N5O2S/c1-8(4-12(30)15-14(21)16(25)28-7-27-15)18-26-6-13(32-18)17(31)29-9-2-3-11(20)10(5-9)19(22,23)24/h2-3,5-8H,4H2,1H3,(H,29,31)(H2,25,27,28)/t8-/m0/s1. The molecule has 0 fully saturated rings. The van der Waals surface area contributed by atoms with Crippen LogP contribution in [0.15, 0.2) is 30.7 Å². The number of hydrogen-bond donors (Lipinski definition) is 2. The van der Waals surface area contributed by atoms with Crippen molar-refractivity contribution in [2.24, 2.45) is 0 Å². The molecule has 1 aromatic carbocycles. The molecule has 0 aliphatic rings. The van der Waals surface area contributed by atoms with Gasteiger partial charge in [-0.2, -0.15) is 13.2 Å². The number of anilines is 2. The Bertz CT molecular complexity index is 1190. The van der Waals surface area contributed by atoms with E-state index in [2.05, 4.69) is 20.3 Å². The molecule has 168 valence electrons. The Morgan fingerprint density at radius 2 is 1.94 bits per heavy atom. The average Bonchev–Trinajstić information content (AvgIpc) is 3.21. The number of rotatable bonds is 6. The maximum absolute atomic E-state index is 13.0. The van der Waals surface area contributed by atoms with Crippen LogP contribution >= 0.6 is 34.5 Å². The maximum atomic E-state index is 13.0. The molecule has 3 N–H and O–H groups in total. The van der Waals surface area contributed by atoms with Gasteiger partial charge >= 0.3 is 6.18 Å². The largest absolute Gasteiger partial charge is 0.417 e. The van der Waals surface area contributed by atoms with Gasteiger partial charge in [0.15, 0.2) is 5.78 Å². The first-order valence-corrected chi connectivity index (χ1v) is 10.5. The second kappa shape index (κ2) is 9.39. The Balaban J connectivity index is 1.70. The van der Waals surface area contributed by atoms with E-state index in [0.717, 1.165) is 29.8 Å². The molecule has 0 saturated heterocycles. The third kappa shape index (κ3) is 5.34. The highest BCUT2D eigenvalue weighted by atomic mass is 35.5. The molecular formula is C19H14Cl2F3N5O2S. The summed E-state index contributed by atoms with van der Waals surface area (Å²) in [5.74, 6) is -1.41. The van der Waals surface area contributed by atoms with E-state index in [1.54, 1.807) is 6.92 Å². The summed E-state index contributed by atoms with van der Waals surface area (Å²) in [5.41, 5.74) is 4.45. The number of nitrogens with two attached hydrogens (primary N) is 1. The van der Waals surface area contributed by atoms with Gasteiger partial charge in [-0.15, -0.1) is 11.3 Å². The summed E-state index contributed by atoms with van der Waals surface area (Å²) in [6.45, 7) is 1.73. The number of carbonyl (C=O) groups excluding carboxylic acids is 2.